The number of nitrogens with zero attached hydrogens (tertiary/aromatic N) is 2. The van der Waals surface area contributed by atoms with Gasteiger partial charge in [-0.05, 0) is 13.8 Å². The molecule has 4 nitrogen and oxygen atoms in total. The van der Waals surface area contributed by atoms with E-state index in [9.17, 15) is 4.79 Å². The van der Waals surface area contributed by atoms with Gasteiger partial charge in [0, 0.05) is 18.2 Å². The van der Waals surface area contributed by atoms with Gasteiger partial charge in [-0.2, -0.15) is 5.10 Å². The first-order chi connectivity index (χ1) is 9.65. The smallest absolute Gasteiger partial charge is 0.359 e. The molecule has 0 aliphatic carbocycles. The zero-order chi connectivity index (χ0) is 15.1. The van der Waals surface area contributed by atoms with Crippen LogP contribution in [0.2, 0.25) is 0 Å². The van der Waals surface area contributed by atoms with E-state index in [2.05, 4.69) is 5.10 Å². The SMILES string of the molecule is CC.CCOC(=O)c1nn(C)c(-c2ccccc2)c1C. The molecule has 0 spiro atoms. The number of carbonyl (C=O) groups is 1. The van der Waals surface area contributed by atoms with E-state index in [4.69, 9.17) is 4.74 Å². The highest BCUT2D eigenvalue weighted by Gasteiger charge is 2.20. The molecule has 0 saturated carbocycles. The lowest BCUT2D eigenvalue weighted by Gasteiger charge is -2.03. The lowest BCUT2D eigenvalue weighted by Crippen LogP contribution is -2.07. The predicted octanol–water partition coefficient (Wildman–Crippen LogP) is 3.60. The third-order valence-corrected chi connectivity index (χ3v) is 2.80. The second-order valence-electron chi connectivity index (χ2n) is 4.03. The van der Waals surface area contributed by atoms with Gasteiger partial charge < -0.3 is 4.74 Å². The van der Waals surface area contributed by atoms with E-state index in [1.54, 1.807) is 11.6 Å². The molecular formula is C16H22N2O2. The van der Waals surface area contributed by atoms with Crippen molar-refractivity contribution in [2.24, 2.45) is 7.05 Å². The number of hydrogen-bond donors (Lipinski definition) is 0. The van der Waals surface area contributed by atoms with Gasteiger partial charge in [-0.25, -0.2) is 4.79 Å². The largest absolute Gasteiger partial charge is 0.461 e. The minimum atomic E-state index is -0.368. The van der Waals surface area contributed by atoms with Crippen LogP contribution in [-0.2, 0) is 11.8 Å². The molecule has 1 heterocycles. The van der Waals surface area contributed by atoms with E-state index in [0.717, 1.165) is 16.8 Å². The maximum absolute atomic E-state index is 11.8. The fourth-order valence-electron chi connectivity index (χ4n) is 2.02. The van der Waals surface area contributed by atoms with Gasteiger partial charge in [0.15, 0.2) is 5.69 Å². The van der Waals surface area contributed by atoms with Gasteiger partial charge >= 0.3 is 5.97 Å². The maximum Gasteiger partial charge on any atom is 0.359 e. The van der Waals surface area contributed by atoms with Crippen molar-refractivity contribution in [3.05, 3.63) is 41.6 Å². The summed E-state index contributed by atoms with van der Waals surface area (Å²) in [7, 11) is 1.83. The normalized spacial score (nSPS) is 9.65. The van der Waals surface area contributed by atoms with Crippen molar-refractivity contribution in [1.82, 2.24) is 9.78 Å². The van der Waals surface area contributed by atoms with Gasteiger partial charge in [-0.15, -0.1) is 0 Å². The fourth-order valence-corrected chi connectivity index (χ4v) is 2.02. The number of rotatable bonds is 3. The first kappa shape index (κ1) is 16.0. The van der Waals surface area contributed by atoms with Crippen LogP contribution in [0.3, 0.4) is 0 Å². The Labute approximate surface area is 120 Å². The average molecular weight is 274 g/mol. The first-order valence-corrected chi connectivity index (χ1v) is 6.91. The third-order valence-electron chi connectivity index (χ3n) is 2.80. The topological polar surface area (TPSA) is 44.1 Å². The average Bonchev–Trinajstić information content (AvgIpc) is 2.77. The first-order valence-electron chi connectivity index (χ1n) is 6.91. The molecule has 0 unspecified atom stereocenters. The van der Waals surface area contributed by atoms with Crippen LogP contribution in [0.5, 0.6) is 0 Å². The number of aryl methyl sites for hydroxylation is 1. The van der Waals surface area contributed by atoms with E-state index < -0.39 is 0 Å². The van der Waals surface area contributed by atoms with E-state index in [1.165, 1.54) is 0 Å². The Bertz CT molecular complexity index is 559. The zero-order valence-corrected chi connectivity index (χ0v) is 12.8. The Hall–Kier alpha value is -2.10. The molecule has 0 bridgehead atoms. The molecule has 2 aromatic rings. The summed E-state index contributed by atoms with van der Waals surface area (Å²) >= 11 is 0. The molecule has 0 aliphatic rings. The van der Waals surface area contributed by atoms with Crippen LogP contribution in [-0.4, -0.2) is 22.4 Å². The van der Waals surface area contributed by atoms with Crippen molar-refractivity contribution in [1.29, 1.82) is 0 Å². The lowest BCUT2D eigenvalue weighted by atomic mass is 10.1. The van der Waals surface area contributed by atoms with E-state index in [0.29, 0.717) is 12.3 Å². The Morgan fingerprint density at radius 3 is 2.40 bits per heavy atom. The summed E-state index contributed by atoms with van der Waals surface area (Å²) in [6, 6.07) is 9.89. The third kappa shape index (κ3) is 3.26. The molecule has 0 radical (unpaired) electrons. The number of carbonyl (C=O) groups excluding carboxylic acids is 1. The summed E-state index contributed by atoms with van der Waals surface area (Å²) in [6.45, 7) is 8.03. The van der Waals surface area contributed by atoms with Crippen LogP contribution >= 0.6 is 0 Å². The summed E-state index contributed by atoms with van der Waals surface area (Å²) in [5, 5.41) is 4.25. The van der Waals surface area contributed by atoms with Crippen LogP contribution in [0, 0.1) is 6.92 Å². The molecule has 0 fully saturated rings. The number of aromatic nitrogens is 2. The minimum absolute atomic E-state index is 0.357. The van der Waals surface area contributed by atoms with Gasteiger partial charge in [-0.3, -0.25) is 4.68 Å². The Kier molecular flexibility index (Phi) is 5.97. The van der Waals surface area contributed by atoms with Crippen molar-refractivity contribution in [2.75, 3.05) is 6.61 Å². The summed E-state index contributed by atoms with van der Waals surface area (Å²) < 4.78 is 6.72. The lowest BCUT2D eigenvalue weighted by molar-refractivity contribution is 0.0518. The summed E-state index contributed by atoms with van der Waals surface area (Å²) in [5.41, 5.74) is 3.22. The van der Waals surface area contributed by atoms with Crippen LogP contribution in [0.1, 0.15) is 36.8 Å². The second kappa shape index (κ2) is 7.48. The monoisotopic (exact) mass is 274 g/mol. The molecule has 1 aromatic carbocycles. The van der Waals surface area contributed by atoms with Crippen molar-refractivity contribution in [3.8, 4) is 11.3 Å². The highest BCUT2D eigenvalue weighted by molar-refractivity contribution is 5.91. The molecule has 0 amide bonds. The van der Waals surface area contributed by atoms with Crippen LogP contribution in [0.25, 0.3) is 11.3 Å². The molecule has 0 aliphatic heterocycles. The van der Waals surface area contributed by atoms with E-state index >= 15 is 0 Å². The zero-order valence-electron chi connectivity index (χ0n) is 12.8. The van der Waals surface area contributed by atoms with Crippen molar-refractivity contribution in [2.45, 2.75) is 27.7 Å². The van der Waals surface area contributed by atoms with Crippen LogP contribution < -0.4 is 0 Å². The standard InChI is InChI=1S/C14H16N2O2.C2H6/c1-4-18-14(17)12-10(2)13(16(3)15-12)11-8-6-5-7-9-11;1-2/h5-9H,4H2,1-3H3;1-2H3. The molecular weight excluding hydrogens is 252 g/mol. The van der Waals surface area contributed by atoms with E-state index in [1.807, 2.05) is 58.2 Å². The molecule has 1 aromatic heterocycles. The molecule has 2 rings (SSSR count). The summed E-state index contributed by atoms with van der Waals surface area (Å²) in [6.07, 6.45) is 0. The minimum Gasteiger partial charge on any atom is -0.461 e. The predicted molar refractivity (Wildman–Crippen MR) is 80.7 cm³/mol. The Balaban J connectivity index is 0.000000956. The molecule has 20 heavy (non-hydrogen) atoms. The van der Waals surface area contributed by atoms with E-state index in [-0.39, 0.29) is 5.97 Å². The number of ether oxygens (including phenoxy) is 1. The molecule has 0 N–H and O–H groups in total. The van der Waals surface area contributed by atoms with Gasteiger partial charge in [0.25, 0.3) is 0 Å². The van der Waals surface area contributed by atoms with Crippen LogP contribution in [0.15, 0.2) is 30.3 Å². The Morgan fingerprint density at radius 2 is 1.85 bits per heavy atom. The summed E-state index contributed by atoms with van der Waals surface area (Å²) in [4.78, 5) is 11.8. The fraction of sp³-hybridized carbons (Fsp3) is 0.375. The molecule has 0 saturated heterocycles. The highest BCUT2D eigenvalue weighted by Crippen LogP contribution is 2.25. The quantitative estimate of drug-likeness (QED) is 0.803. The number of esters is 1. The molecule has 108 valence electrons. The van der Waals surface area contributed by atoms with Crippen molar-refractivity contribution < 1.29 is 9.53 Å². The molecule has 0 atom stereocenters. The van der Waals surface area contributed by atoms with Crippen molar-refractivity contribution >= 4 is 5.97 Å². The number of hydrogen-bond acceptors (Lipinski definition) is 3. The Morgan fingerprint density at radius 1 is 1.25 bits per heavy atom. The van der Waals surface area contributed by atoms with Gasteiger partial charge in [0.1, 0.15) is 0 Å². The maximum atomic E-state index is 11.8. The van der Waals surface area contributed by atoms with Crippen LogP contribution in [0.4, 0.5) is 0 Å². The van der Waals surface area contributed by atoms with Gasteiger partial charge in [0.2, 0.25) is 0 Å². The summed E-state index contributed by atoms with van der Waals surface area (Å²) in [5.74, 6) is -0.368. The van der Waals surface area contributed by atoms with Gasteiger partial charge in [0.05, 0.1) is 12.3 Å². The highest BCUT2D eigenvalue weighted by atomic mass is 16.5. The second-order valence-corrected chi connectivity index (χ2v) is 4.03. The van der Waals surface area contributed by atoms with Crippen molar-refractivity contribution in [3.63, 3.8) is 0 Å². The number of benzene rings is 1. The van der Waals surface area contributed by atoms with Gasteiger partial charge in [-0.1, -0.05) is 44.2 Å². The molecule has 4 heteroatoms.